The van der Waals surface area contributed by atoms with Gasteiger partial charge in [-0.2, -0.15) is 5.26 Å². The van der Waals surface area contributed by atoms with Crippen LogP contribution in [0.3, 0.4) is 0 Å². The lowest BCUT2D eigenvalue weighted by atomic mass is 9.92. The second-order valence-corrected chi connectivity index (χ2v) is 8.29. The minimum absolute atomic E-state index is 0.307. The summed E-state index contributed by atoms with van der Waals surface area (Å²) in [6.45, 7) is 9.83. The first-order valence-corrected chi connectivity index (χ1v) is 9.68. The first-order chi connectivity index (χ1) is 13.2. The fraction of sp³-hybridized carbons (Fsp3) is 0.360. The fourth-order valence-corrected chi connectivity index (χ4v) is 2.87. The van der Waals surface area contributed by atoms with Crippen molar-refractivity contribution in [1.82, 2.24) is 0 Å². The molecule has 0 fully saturated rings. The van der Waals surface area contributed by atoms with E-state index in [4.69, 9.17) is 4.74 Å². The Balaban J connectivity index is 2.36. The molecule has 2 aromatic rings. The van der Waals surface area contributed by atoms with Gasteiger partial charge in [-0.3, -0.25) is 0 Å². The largest absolute Gasteiger partial charge is 0.457 e. The second-order valence-electron chi connectivity index (χ2n) is 8.29. The van der Waals surface area contributed by atoms with E-state index >= 15 is 0 Å². The molecule has 0 heterocycles. The maximum absolute atomic E-state index is 12.8. The van der Waals surface area contributed by atoms with Gasteiger partial charge in [-0.05, 0) is 55.9 Å². The number of esters is 1. The maximum Gasteiger partial charge on any atom is 0.334 e. The average Bonchev–Trinajstić information content (AvgIpc) is 2.64. The number of carbonyl (C=O) groups excluding carboxylic acids is 1. The van der Waals surface area contributed by atoms with Crippen molar-refractivity contribution in [1.29, 1.82) is 5.26 Å². The summed E-state index contributed by atoms with van der Waals surface area (Å²) in [5.74, 6) is -0.337. The first-order valence-electron chi connectivity index (χ1n) is 9.68. The normalized spacial score (nSPS) is 13.1. The molecule has 3 nitrogen and oxygen atoms in total. The lowest BCUT2D eigenvalue weighted by Crippen LogP contribution is -2.25. The quantitative estimate of drug-likeness (QED) is 0.444. The predicted octanol–water partition coefficient (Wildman–Crippen LogP) is 6.23. The van der Waals surface area contributed by atoms with Gasteiger partial charge in [-0.15, -0.1) is 0 Å². The number of nitriles is 1. The Morgan fingerprint density at radius 3 is 2.14 bits per heavy atom. The smallest absolute Gasteiger partial charge is 0.334 e. The topological polar surface area (TPSA) is 50.1 Å². The van der Waals surface area contributed by atoms with Crippen molar-refractivity contribution >= 4 is 12.0 Å². The standard InChI is InChI=1S/C25H29NO2/c1-18(2)20-13-11-19(12-14-20)15-22(24(27)28-25(3,4)5)16-23(17-26)21-9-7-6-8-10-21/h6-15,18,23H,16H2,1-5H3/b22-15+. The summed E-state index contributed by atoms with van der Waals surface area (Å²) in [7, 11) is 0. The fourth-order valence-electron chi connectivity index (χ4n) is 2.87. The molecule has 1 atom stereocenters. The summed E-state index contributed by atoms with van der Waals surface area (Å²) in [4.78, 5) is 12.8. The molecule has 0 saturated heterocycles. The minimum Gasteiger partial charge on any atom is -0.457 e. The van der Waals surface area contributed by atoms with Crippen LogP contribution in [0.4, 0.5) is 0 Å². The molecule has 146 valence electrons. The van der Waals surface area contributed by atoms with Gasteiger partial charge >= 0.3 is 5.97 Å². The van der Waals surface area contributed by atoms with Crippen LogP contribution in [0.1, 0.15) is 69.6 Å². The maximum atomic E-state index is 12.8. The van der Waals surface area contributed by atoms with Crippen molar-refractivity contribution in [2.24, 2.45) is 0 Å². The summed E-state index contributed by atoms with van der Waals surface area (Å²) >= 11 is 0. The molecule has 1 unspecified atom stereocenters. The van der Waals surface area contributed by atoms with Crippen LogP contribution in [0.5, 0.6) is 0 Å². The van der Waals surface area contributed by atoms with Crippen LogP contribution in [-0.4, -0.2) is 11.6 Å². The van der Waals surface area contributed by atoms with Gasteiger partial charge in [-0.1, -0.05) is 68.4 Å². The summed E-state index contributed by atoms with van der Waals surface area (Å²) in [5.41, 5.74) is 2.98. The molecule has 2 aromatic carbocycles. The molecule has 0 aliphatic rings. The summed E-state index contributed by atoms with van der Waals surface area (Å²) in [5, 5.41) is 9.68. The lowest BCUT2D eigenvalue weighted by Gasteiger charge is -2.21. The molecule has 0 spiro atoms. The van der Waals surface area contributed by atoms with Crippen LogP contribution in [0.2, 0.25) is 0 Å². The van der Waals surface area contributed by atoms with Gasteiger partial charge in [0.05, 0.1) is 12.0 Å². The third-order valence-corrected chi connectivity index (χ3v) is 4.39. The number of hydrogen-bond acceptors (Lipinski definition) is 3. The van der Waals surface area contributed by atoms with E-state index in [1.54, 1.807) is 0 Å². The Kier molecular flexibility index (Phi) is 7.18. The Labute approximate surface area is 168 Å². The Bertz CT molecular complexity index is 850. The zero-order valence-corrected chi connectivity index (χ0v) is 17.4. The average molecular weight is 376 g/mol. The molecule has 28 heavy (non-hydrogen) atoms. The van der Waals surface area contributed by atoms with Crippen LogP contribution in [0, 0.1) is 11.3 Å². The van der Waals surface area contributed by atoms with Crippen molar-refractivity contribution in [3.63, 3.8) is 0 Å². The van der Waals surface area contributed by atoms with Crippen molar-refractivity contribution in [3.8, 4) is 6.07 Å². The Hall–Kier alpha value is -2.86. The zero-order chi connectivity index (χ0) is 20.7. The van der Waals surface area contributed by atoms with E-state index in [2.05, 4.69) is 32.0 Å². The monoisotopic (exact) mass is 375 g/mol. The molecule has 0 radical (unpaired) electrons. The van der Waals surface area contributed by atoms with Gasteiger partial charge in [-0.25, -0.2) is 4.79 Å². The van der Waals surface area contributed by atoms with Gasteiger partial charge in [0.25, 0.3) is 0 Å². The zero-order valence-electron chi connectivity index (χ0n) is 17.4. The number of nitrogens with zero attached hydrogens (tertiary/aromatic N) is 1. The summed E-state index contributed by atoms with van der Waals surface area (Å²) < 4.78 is 5.60. The third kappa shape index (κ3) is 6.39. The summed E-state index contributed by atoms with van der Waals surface area (Å²) in [6.07, 6.45) is 2.15. The first kappa shape index (κ1) is 21.4. The van der Waals surface area contributed by atoms with E-state index in [0.717, 1.165) is 11.1 Å². The van der Waals surface area contributed by atoms with E-state index in [1.807, 2.05) is 69.3 Å². The van der Waals surface area contributed by atoms with Gasteiger partial charge < -0.3 is 4.74 Å². The van der Waals surface area contributed by atoms with Gasteiger partial charge in [0.15, 0.2) is 0 Å². The number of ether oxygens (including phenoxy) is 1. The third-order valence-electron chi connectivity index (χ3n) is 4.39. The summed E-state index contributed by atoms with van der Waals surface area (Å²) in [6, 6.07) is 20.0. The Morgan fingerprint density at radius 1 is 1.04 bits per heavy atom. The van der Waals surface area contributed by atoms with E-state index in [1.165, 1.54) is 5.56 Å². The molecular formula is C25H29NO2. The highest BCUT2D eigenvalue weighted by Gasteiger charge is 2.23. The van der Waals surface area contributed by atoms with Crippen LogP contribution < -0.4 is 0 Å². The van der Waals surface area contributed by atoms with Crippen LogP contribution in [0.15, 0.2) is 60.2 Å². The molecule has 2 rings (SSSR count). The van der Waals surface area contributed by atoms with E-state index in [9.17, 15) is 10.1 Å². The lowest BCUT2D eigenvalue weighted by molar-refractivity contribution is -0.149. The molecule has 0 aliphatic heterocycles. The molecule has 0 aromatic heterocycles. The van der Waals surface area contributed by atoms with Crippen LogP contribution in [-0.2, 0) is 9.53 Å². The van der Waals surface area contributed by atoms with Crippen molar-refractivity contribution < 1.29 is 9.53 Å². The number of rotatable bonds is 6. The van der Waals surface area contributed by atoms with Crippen molar-refractivity contribution in [2.45, 2.75) is 58.5 Å². The minimum atomic E-state index is -0.591. The van der Waals surface area contributed by atoms with Crippen molar-refractivity contribution in [3.05, 3.63) is 76.9 Å². The highest BCUT2D eigenvalue weighted by Crippen LogP contribution is 2.27. The molecule has 0 bridgehead atoms. The number of carbonyl (C=O) groups is 1. The molecule has 0 aliphatic carbocycles. The Morgan fingerprint density at radius 2 is 1.64 bits per heavy atom. The predicted molar refractivity (Wildman–Crippen MR) is 114 cm³/mol. The van der Waals surface area contributed by atoms with Gasteiger partial charge in [0, 0.05) is 5.57 Å². The number of hydrogen-bond donors (Lipinski definition) is 0. The van der Waals surface area contributed by atoms with Crippen LogP contribution in [0.25, 0.3) is 6.08 Å². The highest BCUT2D eigenvalue weighted by molar-refractivity contribution is 5.94. The number of benzene rings is 2. The molecular weight excluding hydrogens is 346 g/mol. The van der Waals surface area contributed by atoms with E-state index < -0.39 is 11.5 Å². The van der Waals surface area contributed by atoms with Gasteiger partial charge in [0.2, 0.25) is 0 Å². The van der Waals surface area contributed by atoms with Crippen LogP contribution >= 0.6 is 0 Å². The van der Waals surface area contributed by atoms with E-state index in [0.29, 0.717) is 17.9 Å². The molecule has 0 N–H and O–H groups in total. The van der Waals surface area contributed by atoms with E-state index in [-0.39, 0.29) is 5.97 Å². The second kappa shape index (κ2) is 9.37. The molecule has 0 saturated carbocycles. The highest BCUT2D eigenvalue weighted by atomic mass is 16.6. The van der Waals surface area contributed by atoms with Gasteiger partial charge in [0.1, 0.15) is 5.60 Å². The molecule has 3 heteroatoms. The SMILES string of the molecule is CC(C)c1ccc(/C=C(\CC(C#N)c2ccccc2)C(=O)OC(C)(C)C)cc1. The molecule has 0 amide bonds. The van der Waals surface area contributed by atoms with Crippen molar-refractivity contribution in [2.75, 3.05) is 0 Å².